The molecule has 0 radical (unpaired) electrons. The third kappa shape index (κ3) is 8.77. The maximum atomic E-state index is 5.37. The first-order chi connectivity index (χ1) is 35.7. The second-order valence-corrected chi connectivity index (χ2v) is 17.4. The van der Waals surface area contributed by atoms with E-state index in [2.05, 4.69) is 176 Å². The molecule has 12 aromatic rings. The second kappa shape index (κ2) is 19.7. The molecule has 0 unspecified atom stereocenters. The topological polar surface area (TPSA) is 77.3 Å². The molecule has 0 saturated heterocycles. The SMILES string of the molecule is c1ccc(-c2nc(-c3ccccc3)nc(-c3cccc(-c4ccc(-c5ccccc5-c5nc(-c6ccccc6)nc(-c6ccccc6-c6ccccc6)n5)c(-c5ccccc5)c4-c4ccccc4)c3)n2)cc1. The first kappa shape index (κ1) is 43.5. The summed E-state index contributed by atoms with van der Waals surface area (Å²) in [6.45, 7) is 0. The minimum Gasteiger partial charge on any atom is -0.208 e. The van der Waals surface area contributed by atoms with Crippen molar-refractivity contribution in [3.05, 3.63) is 267 Å². The first-order valence-corrected chi connectivity index (χ1v) is 24.0. The minimum absolute atomic E-state index is 0.580. The van der Waals surface area contributed by atoms with E-state index in [1.807, 2.05) is 91.0 Å². The number of aromatic nitrogens is 6. The molecule has 0 spiro atoms. The standard InChI is InChI=1S/C66H44N6/c1-7-24-45(25-8-1)53-38-19-21-40-57(53)65-70-63(50-34-17-6-18-35-50)71-66(72-65)58-41-22-20-39-55(58)56-43-42-54(59(46-26-9-2-10-27-46)60(56)47-28-11-3-12-29-47)51-36-23-37-52(44-51)64-68-61(48-30-13-4-14-31-48)67-62(69-64)49-32-15-5-16-33-49/h1-44H. The van der Waals surface area contributed by atoms with Crippen molar-refractivity contribution >= 4 is 0 Å². The smallest absolute Gasteiger partial charge is 0.164 e. The van der Waals surface area contributed by atoms with Crippen LogP contribution in [0.25, 0.3) is 124 Å². The van der Waals surface area contributed by atoms with Gasteiger partial charge < -0.3 is 0 Å². The van der Waals surface area contributed by atoms with E-state index < -0.39 is 0 Å². The van der Waals surface area contributed by atoms with Gasteiger partial charge in [-0.05, 0) is 61.7 Å². The summed E-state index contributed by atoms with van der Waals surface area (Å²) in [7, 11) is 0. The summed E-state index contributed by atoms with van der Waals surface area (Å²) in [6.07, 6.45) is 0. The van der Waals surface area contributed by atoms with Gasteiger partial charge in [0.25, 0.3) is 0 Å². The van der Waals surface area contributed by atoms with Crippen LogP contribution in [0.5, 0.6) is 0 Å². The van der Waals surface area contributed by atoms with Crippen molar-refractivity contribution in [3.8, 4) is 124 Å². The number of nitrogens with zero attached hydrogens (tertiary/aromatic N) is 6. The molecule has 0 fully saturated rings. The van der Waals surface area contributed by atoms with Crippen LogP contribution >= 0.6 is 0 Å². The van der Waals surface area contributed by atoms with Crippen molar-refractivity contribution in [2.24, 2.45) is 0 Å². The third-order valence-corrected chi connectivity index (χ3v) is 12.8. The van der Waals surface area contributed by atoms with Crippen LogP contribution in [0.4, 0.5) is 0 Å². The lowest BCUT2D eigenvalue weighted by molar-refractivity contribution is 1.07. The molecular weight excluding hydrogens is 877 g/mol. The lowest BCUT2D eigenvalue weighted by Gasteiger charge is -2.22. The van der Waals surface area contributed by atoms with Gasteiger partial charge in [0.15, 0.2) is 34.9 Å². The normalized spacial score (nSPS) is 11.1. The average Bonchev–Trinajstić information content (AvgIpc) is 3.48. The molecule has 2 aromatic heterocycles. The molecule has 6 nitrogen and oxygen atoms in total. The third-order valence-electron chi connectivity index (χ3n) is 12.8. The van der Waals surface area contributed by atoms with Crippen LogP contribution in [0.3, 0.4) is 0 Å². The largest absolute Gasteiger partial charge is 0.208 e. The molecule has 0 amide bonds. The molecule has 0 aliphatic heterocycles. The molecular formula is C66H44N6. The van der Waals surface area contributed by atoms with Crippen LogP contribution in [-0.4, -0.2) is 29.9 Å². The van der Waals surface area contributed by atoms with Crippen LogP contribution < -0.4 is 0 Å². The molecule has 12 rings (SSSR count). The molecule has 72 heavy (non-hydrogen) atoms. The lowest BCUT2D eigenvalue weighted by atomic mass is 9.82. The highest BCUT2D eigenvalue weighted by atomic mass is 15.0. The molecule has 0 atom stereocenters. The second-order valence-electron chi connectivity index (χ2n) is 17.4. The molecule has 6 heteroatoms. The summed E-state index contributed by atoms with van der Waals surface area (Å²) < 4.78 is 0. The van der Waals surface area contributed by atoms with Crippen molar-refractivity contribution in [1.82, 2.24) is 29.9 Å². The monoisotopic (exact) mass is 920 g/mol. The summed E-state index contributed by atoms with van der Waals surface area (Å²) in [6, 6.07) is 92.0. The maximum absolute atomic E-state index is 5.37. The van der Waals surface area contributed by atoms with Crippen molar-refractivity contribution < 1.29 is 0 Å². The first-order valence-electron chi connectivity index (χ1n) is 24.0. The molecule has 0 bridgehead atoms. The quantitative estimate of drug-likeness (QED) is 0.129. The van der Waals surface area contributed by atoms with E-state index in [0.717, 1.165) is 89.0 Å². The van der Waals surface area contributed by atoms with Crippen molar-refractivity contribution in [2.75, 3.05) is 0 Å². The van der Waals surface area contributed by atoms with Gasteiger partial charge in [-0.3, -0.25) is 0 Å². The molecule has 2 heterocycles. The highest BCUT2D eigenvalue weighted by Gasteiger charge is 2.24. The molecule has 0 saturated carbocycles. The number of hydrogen-bond donors (Lipinski definition) is 0. The van der Waals surface area contributed by atoms with Gasteiger partial charge in [-0.25, -0.2) is 29.9 Å². The summed E-state index contributed by atoms with van der Waals surface area (Å²) in [5, 5.41) is 0. The van der Waals surface area contributed by atoms with Crippen molar-refractivity contribution in [1.29, 1.82) is 0 Å². The van der Waals surface area contributed by atoms with Gasteiger partial charge in [0.05, 0.1) is 0 Å². The molecule has 0 aliphatic rings. The molecule has 10 aromatic carbocycles. The number of benzene rings is 10. The van der Waals surface area contributed by atoms with E-state index in [1.165, 1.54) is 0 Å². The Morgan fingerprint density at radius 3 is 0.917 bits per heavy atom. The molecule has 0 aliphatic carbocycles. The highest BCUT2D eigenvalue weighted by Crippen LogP contribution is 2.48. The van der Waals surface area contributed by atoms with Gasteiger partial charge in [-0.15, -0.1) is 0 Å². The van der Waals surface area contributed by atoms with Crippen LogP contribution in [0.1, 0.15) is 0 Å². The average molecular weight is 921 g/mol. The Balaban J connectivity index is 1.07. The van der Waals surface area contributed by atoms with Gasteiger partial charge in [0.1, 0.15) is 0 Å². The molecule has 0 N–H and O–H groups in total. The van der Waals surface area contributed by atoms with Gasteiger partial charge in [-0.2, -0.15) is 0 Å². The van der Waals surface area contributed by atoms with Gasteiger partial charge in [0.2, 0.25) is 0 Å². The fraction of sp³-hybridized carbons (Fsp3) is 0. The van der Waals surface area contributed by atoms with Crippen molar-refractivity contribution in [3.63, 3.8) is 0 Å². The van der Waals surface area contributed by atoms with E-state index >= 15 is 0 Å². The molecule has 338 valence electrons. The summed E-state index contributed by atoms with van der Waals surface area (Å²) in [5.41, 5.74) is 16.0. The van der Waals surface area contributed by atoms with Gasteiger partial charge in [0, 0.05) is 33.4 Å². The lowest BCUT2D eigenvalue weighted by Crippen LogP contribution is -2.02. The summed E-state index contributed by atoms with van der Waals surface area (Å²) in [4.78, 5) is 31.0. The van der Waals surface area contributed by atoms with Crippen LogP contribution in [-0.2, 0) is 0 Å². The maximum Gasteiger partial charge on any atom is 0.164 e. The Labute approximate surface area is 418 Å². The predicted octanol–water partition coefficient (Wildman–Crippen LogP) is 16.4. The minimum atomic E-state index is 0.580. The van der Waals surface area contributed by atoms with E-state index in [4.69, 9.17) is 29.9 Å². The summed E-state index contributed by atoms with van der Waals surface area (Å²) in [5.74, 6) is 3.61. The highest BCUT2D eigenvalue weighted by molar-refractivity contribution is 6.03. The van der Waals surface area contributed by atoms with Gasteiger partial charge >= 0.3 is 0 Å². The zero-order valence-electron chi connectivity index (χ0n) is 39.1. The Kier molecular flexibility index (Phi) is 11.9. The van der Waals surface area contributed by atoms with E-state index in [9.17, 15) is 0 Å². The Bertz CT molecular complexity index is 3770. The van der Waals surface area contributed by atoms with Crippen molar-refractivity contribution in [2.45, 2.75) is 0 Å². The van der Waals surface area contributed by atoms with Crippen LogP contribution in [0.15, 0.2) is 267 Å². The Hall–Kier alpha value is -9.78. The fourth-order valence-corrected chi connectivity index (χ4v) is 9.43. The number of rotatable bonds is 11. The van der Waals surface area contributed by atoms with E-state index in [1.54, 1.807) is 0 Å². The van der Waals surface area contributed by atoms with Crippen LogP contribution in [0.2, 0.25) is 0 Å². The van der Waals surface area contributed by atoms with E-state index in [-0.39, 0.29) is 0 Å². The van der Waals surface area contributed by atoms with Gasteiger partial charge in [-0.1, -0.05) is 261 Å². The zero-order valence-corrected chi connectivity index (χ0v) is 39.1. The Morgan fingerprint density at radius 1 is 0.153 bits per heavy atom. The fourth-order valence-electron chi connectivity index (χ4n) is 9.43. The van der Waals surface area contributed by atoms with E-state index in [0.29, 0.717) is 34.9 Å². The summed E-state index contributed by atoms with van der Waals surface area (Å²) >= 11 is 0. The Morgan fingerprint density at radius 2 is 0.444 bits per heavy atom. The van der Waals surface area contributed by atoms with Crippen LogP contribution in [0, 0.1) is 0 Å². The zero-order chi connectivity index (χ0) is 48.1. The predicted molar refractivity (Wildman–Crippen MR) is 293 cm³/mol. The number of hydrogen-bond acceptors (Lipinski definition) is 6.